The van der Waals surface area contributed by atoms with Crippen molar-refractivity contribution in [2.45, 2.75) is 26.7 Å². The Morgan fingerprint density at radius 1 is 1.35 bits per heavy atom. The standard InChI is InChI=1S/C15H19NO/c1-11(2)3-4-12-5-6-15-14(9-12)13(7-8-17)10-16-15/h3,5-6,9-10,16-17H,4,7-8H2,1-2H3. The molecule has 0 fully saturated rings. The first-order chi connectivity index (χ1) is 8.20. The quantitative estimate of drug-likeness (QED) is 0.776. The highest BCUT2D eigenvalue weighted by Gasteiger charge is 2.03. The van der Waals surface area contributed by atoms with Gasteiger partial charge in [-0.15, -0.1) is 0 Å². The van der Waals surface area contributed by atoms with E-state index < -0.39 is 0 Å². The summed E-state index contributed by atoms with van der Waals surface area (Å²) in [6.45, 7) is 4.43. The van der Waals surface area contributed by atoms with E-state index >= 15 is 0 Å². The lowest BCUT2D eigenvalue weighted by Gasteiger charge is -2.00. The molecule has 0 bridgehead atoms. The van der Waals surface area contributed by atoms with E-state index in [4.69, 9.17) is 5.11 Å². The molecular formula is C15H19NO. The van der Waals surface area contributed by atoms with Crippen molar-refractivity contribution in [1.29, 1.82) is 0 Å². The average molecular weight is 229 g/mol. The predicted molar refractivity (Wildman–Crippen MR) is 72.2 cm³/mol. The van der Waals surface area contributed by atoms with Crippen LogP contribution in [0.1, 0.15) is 25.0 Å². The van der Waals surface area contributed by atoms with Gasteiger partial charge >= 0.3 is 0 Å². The fraction of sp³-hybridized carbons (Fsp3) is 0.333. The van der Waals surface area contributed by atoms with Crippen molar-refractivity contribution in [2.24, 2.45) is 0 Å². The van der Waals surface area contributed by atoms with E-state index in [9.17, 15) is 0 Å². The number of hydrogen-bond donors (Lipinski definition) is 2. The van der Waals surface area contributed by atoms with Crippen LogP contribution in [0.25, 0.3) is 10.9 Å². The third-order valence-corrected chi connectivity index (χ3v) is 2.96. The Kier molecular flexibility index (Phi) is 3.64. The number of nitrogens with one attached hydrogen (secondary N) is 1. The molecule has 0 amide bonds. The van der Waals surface area contributed by atoms with E-state index in [-0.39, 0.29) is 6.61 Å². The van der Waals surface area contributed by atoms with Gasteiger partial charge in [0.1, 0.15) is 0 Å². The summed E-state index contributed by atoms with van der Waals surface area (Å²) in [6, 6.07) is 6.49. The third-order valence-electron chi connectivity index (χ3n) is 2.96. The lowest BCUT2D eigenvalue weighted by atomic mass is 10.0. The normalized spacial score (nSPS) is 10.8. The van der Waals surface area contributed by atoms with Crippen molar-refractivity contribution in [3.63, 3.8) is 0 Å². The highest BCUT2D eigenvalue weighted by atomic mass is 16.2. The number of fused-ring (bicyclic) bond motifs is 1. The van der Waals surface area contributed by atoms with Gasteiger partial charge in [-0.1, -0.05) is 17.7 Å². The van der Waals surface area contributed by atoms with Gasteiger partial charge in [-0.05, 0) is 49.9 Å². The van der Waals surface area contributed by atoms with Gasteiger partial charge in [-0.25, -0.2) is 0 Å². The van der Waals surface area contributed by atoms with Crippen LogP contribution in [0.4, 0.5) is 0 Å². The number of allylic oxidation sites excluding steroid dienone is 2. The zero-order valence-electron chi connectivity index (χ0n) is 10.5. The molecule has 2 aromatic rings. The van der Waals surface area contributed by atoms with Crippen LogP contribution < -0.4 is 0 Å². The third kappa shape index (κ3) is 2.77. The summed E-state index contributed by atoms with van der Waals surface area (Å²) in [5.74, 6) is 0. The van der Waals surface area contributed by atoms with Crippen molar-refractivity contribution in [2.75, 3.05) is 6.61 Å². The van der Waals surface area contributed by atoms with Gasteiger partial charge in [0.2, 0.25) is 0 Å². The second-order valence-corrected chi connectivity index (χ2v) is 4.65. The average Bonchev–Trinajstić information content (AvgIpc) is 2.70. The Morgan fingerprint density at radius 2 is 2.18 bits per heavy atom. The van der Waals surface area contributed by atoms with Crippen LogP contribution in [0.2, 0.25) is 0 Å². The minimum Gasteiger partial charge on any atom is -0.396 e. The van der Waals surface area contributed by atoms with Gasteiger partial charge in [0, 0.05) is 23.7 Å². The fourth-order valence-corrected chi connectivity index (χ4v) is 2.00. The molecule has 90 valence electrons. The van der Waals surface area contributed by atoms with E-state index in [1.807, 2.05) is 6.20 Å². The van der Waals surface area contributed by atoms with Gasteiger partial charge in [0.05, 0.1) is 0 Å². The van der Waals surface area contributed by atoms with Crippen LogP contribution in [-0.2, 0) is 12.8 Å². The number of H-pyrrole nitrogens is 1. The van der Waals surface area contributed by atoms with E-state index in [0.29, 0.717) is 6.42 Å². The number of benzene rings is 1. The van der Waals surface area contributed by atoms with Crippen LogP contribution in [0.15, 0.2) is 36.0 Å². The van der Waals surface area contributed by atoms with E-state index in [0.717, 1.165) is 11.9 Å². The highest BCUT2D eigenvalue weighted by molar-refractivity contribution is 5.83. The summed E-state index contributed by atoms with van der Waals surface area (Å²) < 4.78 is 0. The zero-order chi connectivity index (χ0) is 12.3. The monoisotopic (exact) mass is 229 g/mol. The molecule has 1 heterocycles. The molecule has 2 rings (SSSR count). The summed E-state index contributed by atoms with van der Waals surface area (Å²) in [5, 5.41) is 10.3. The molecule has 0 saturated heterocycles. The minimum absolute atomic E-state index is 0.200. The molecule has 17 heavy (non-hydrogen) atoms. The lowest BCUT2D eigenvalue weighted by molar-refractivity contribution is 0.300. The van der Waals surface area contributed by atoms with Gasteiger partial charge in [0.25, 0.3) is 0 Å². The maximum atomic E-state index is 9.02. The molecule has 1 aromatic heterocycles. The molecule has 0 atom stereocenters. The molecule has 0 unspecified atom stereocenters. The van der Waals surface area contributed by atoms with Gasteiger partial charge in [-0.3, -0.25) is 0 Å². The first-order valence-electron chi connectivity index (χ1n) is 6.04. The van der Waals surface area contributed by atoms with E-state index in [2.05, 4.69) is 43.1 Å². The largest absolute Gasteiger partial charge is 0.396 e. The number of rotatable bonds is 4. The molecule has 0 aliphatic carbocycles. The number of aromatic nitrogens is 1. The summed E-state index contributed by atoms with van der Waals surface area (Å²) in [4.78, 5) is 3.24. The van der Waals surface area contributed by atoms with Crippen LogP contribution in [0, 0.1) is 0 Å². The van der Waals surface area contributed by atoms with Crippen LogP contribution in [0.5, 0.6) is 0 Å². The maximum absolute atomic E-state index is 9.02. The Hall–Kier alpha value is -1.54. The second kappa shape index (κ2) is 5.19. The number of aromatic amines is 1. The summed E-state index contributed by atoms with van der Waals surface area (Å²) in [5.41, 5.74) is 5.00. The van der Waals surface area contributed by atoms with Crippen molar-refractivity contribution in [3.05, 3.63) is 47.2 Å². The molecule has 0 spiro atoms. The molecule has 0 radical (unpaired) electrons. The highest BCUT2D eigenvalue weighted by Crippen LogP contribution is 2.20. The Bertz CT molecular complexity index is 533. The number of aliphatic hydroxyl groups is 1. The molecule has 2 nitrogen and oxygen atoms in total. The number of aliphatic hydroxyl groups excluding tert-OH is 1. The molecule has 1 aromatic carbocycles. The Morgan fingerprint density at radius 3 is 2.88 bits per heavy atom. The zero-order valence-corrected chi connectivity index (χ0v) is 10.5. The first-order valence-corrected chi connectivity index (χ1v) is 6.04. The summed E-state index contributed by atoms with van der Waals surface area (Å²) in [6.07, 6.45) is 5.92. The number of hydrogen-bond acceptors (Lipinski definition) is 1. The predicted octanol–water partition coefficient (Wildman–Crippen LogP) is 3.21. The van der Waals surface area contributed by atoms with Crippen molar-refractivity contribution < 1.29 is 5.11 Å². The SMILES string of the molecule is CC(C)=CCc1ccc2[nH]cc(CCO)c2c1. The van der Waals surface area contributed by atoms with E-state index in [1.54, 1.807) is 0 Å². The van der Waals surface area contributed by atoms with Crippen molar-refractivity contribution in [3.8, 4) is 0 Å². The van der Waals surface area contributed by atoms with Crippen LogP contribution in [-0.4, -0.2) is 16.7 Å². The minimum atomic E-state index is 0.200. The maximum Gasteiger partial charge on any atom is 0.0472 e. The Labute approximate surface area is 102 Å². The molecule has 0 aliphatic rings. The van der Waals surface area contributed by atoms with Gasteiger partial charge in [0.15, 0.2) is 0 Å². The lowest BCUT2D eigenvalue weighted by Crippen LogP contribution is -1.89. The van der Waals surface area contributed by atoms with Crippen LogP contribution in [0.3, 0.4) is 0 Å². The van der Waals surface area contributed by atoms with Crippen LogP contribution >= 0.6 is 0 Å². The molecule has 0 saturated carbocycles. The molecule has 2 N–H and O–H groups in total. The molecule has 2 heteroatoms. The second-order valence-electron chi connectivity index (χ2n) is 4.65. The Balaban J connectivity index is 2.34. The first kappa shape index (κ1) is 11.9. The van der Waals surface area contributed by atoms with Crippen molar-refractivity contribution in [1.82, 2.24) is 4.98 Å². The molecular weight excluding hydrogens is 210 g/mol. The van der Waals surface area contributed by atoms with Gasteiger partial charge < -0.3 is 10.1 Å². The van der Waals surface area contributed by atoms with E-state index in [1.165, 1.54) is 22.1 Å². The smallest absolute Gasteiger partial charge is 0.0472 e. The summed E-state index contributed by atoms with van der Waals surface area (Å²) in [7, 11) is 0. The topological polar surface area (TPSA) is 36.0 Å². The summed E-state index contributed by atoms with van der Waals surface area (Å²) >= 11 is 0. The fourth-order valence-electron chi connectivity index (χ4n) is 2.00. The van der Waals surface area contributed by atoms with Crippen molar-refractivity contribution >= 4 is 10.9 Å². The molecule has 0 aliphatic heterocycles. The van der Waals surface area contributed by atoms with Gasteiger partial charge in [-0.2, -0.15) is 0 Å².